The SMILES string of the molecule is O=c1c2cc(-c3cccs3)ccc2[nH]c(=S)n1C1CCC1. The summed E-state index contributed by atoms with van der Waals surface area (Å²) in [5.74, 6) is 0. The van der Waals surface area contributed by atoms with Crippen LogP contribution in [0.2, 0.25) is 0 Å². The van der Waals surface area contributed by atoms with Gasteiger partial charge in [-0.1, -0.05) is 12.1 Å². The van der Waals surface area contributed by atoms with Gasteiger partial charge in [0, 0.05) is 10.9 Å². The number of aromatic nitrogens is 2. The highest BCUT2D eigenvalue weighted by molar-refractivity contribution is 7.71. The van der Waals surface area contributed by atoms with E-state index in [4.69, 9.17) is 12.2 Å². The molecular formula is C16H14N2OS2. The van der Waals surface area contributed by atoms with Crippen molar-refractivity contribution in [2.45, 2.75) is 25.3 Å². The predicted octanol–water partition coefficient (Wildman–Crippen LogP) is 4.51. The molecule has 1 saturated carbocycles. The molecule has 0 bridgehead atoms. The van der Waals surface area contributed by atoms with Crippen LogP contribution >= 0.6 is 23.6 Å². The summed E-state index contributed by atoms with van der Waals surface area (Å²) in [5.41, 5.74) is 1.94. The molecule has 4 rings (SSSR count). The number of H-pyrrole nitrogens is 1. The van der Waals surface area contributed by atoms with E-state index in [0.717, 1.165) is 29.3 Å². The zero-order valence-corrected chi connectivity index (χ0v) is 13.0. The van der Waals surface area contributed by atoms with Gasteiger partial charge >= 0.3 is 0 Å². The minimum Gasteiger partial charge on any atom is -0.332 e. The quantitative estimate of drug-likeness (QED) is 0.707. The first kappa shape index (κ1) is 13.0. The van der Waals surface area contributed by atoms with E-state index in [2.05, 4.69) is 11.1 Å². The number of rotatable bonds is 2. The molecular weight excluding hydrogens is 300 g/mol. The molecule has 5 heteroatoms. The number of fused-ring (bicyclic) bond motifs is 1. The monoisotopic (exact) mass is 314 g/mol. The highest BCUT2D eigenvalue weighted by atomic mass is 32.1. The van der Waals surface area contributed by atoms with Crippen LogP contribution in [0.4, 0.5) is 0 Å². The van der Waals surface area contributed by atoms with Gasteiger partial charge in [0.2, 0.25) is 0 Å². The van der Waals surface area contributed by atoms with E-state index in [1.807, 2.05) is 29.6 Å². The normalized spacial score (nSPS) is 15.2. The van der Waals surface area contributed by atoms with Crippen LogP contribution in [0.25, 0.3) is 21.3 Å². The van der Waals surface area contributed by atoms with Crippen LogP contribution in [-0.2, 0) is 0 Å². The van der Waals surface area contributed by atoms with Crippen LogP contribution in [0.3, 0.4) is 0 Å². The van der Waals surface area contributed by atoms with Gasteiger partial charge in [0.15, 0.2) is 4.77 Å². The van der Waals surface area contributed by atoms with E-state index in [0.29, 0.717) is 4.77 Å². The average molecular weight is 314 g/mol. The third-order valence-corrected chi connectivity index (χ3v) is 5.39. The number of hydrogen-bond acceptors (Lipinski definition) is 3. The number of nitrogens with zero attached hydrogens (tertiary/aromatic N) is 1. The fourth-order valence-corrected chi connectivity index (χ4v) is 3.87. The second-order valence-electron chi connectivity index (χ2n) is 5.43. The summed E-state index contributed by atoms with van der Waals surface area (Å²) in [5, 5.41) is 2.77. The molecule has 0 spiro atoms. The van der Waals surface area contributed by atoms with Gasteiger partial charge in [-0.05, 0) is 60.6 Å². The van der Waals surface area contributed by atoms with Gasteiger partial charge in [-0.2, -0.15) is 0 Å². The summed E-state index contributed by atoms with van der Waals surface area (Å²) >= 11 is 7.05. The Labute approximate surface area is 130 Å². The zero-order chi connectivity index (χ0) is 14.4. The van der Waals surface area contributed by atoms with Crippen molar-refractivity contribution in [3.05, 3.63) is 50.8 Å². The summed E-state index contributed by atoms with van der Waals surface area (Å²) in [7, 11) is 0. The first-order valence-electron chi connectivity index (χ1n) is 7.06. The third kappa shape index (κ3) is 2.08. The van der Waals surface area contributed by atoms with Crippen molar-refractivity contribution >= 4 is 34.5 Å². The van der Waals surface area contributed by atoms with Crippen molar-refractivity contribution in [2.75, 3.05) is 0 Å². The lowest BCUT2D eigenvalue weighted by molar-refractivity contribution is 0.302. The molecule has 0 unspecified atom stereocenters. The molecule has 1 N–H and O–H groups in total. The van der Waals surface area contributed by atoms with Gasteiger partial charge in [0.25, 0.3) is 5.56 Å². The Kier molecular flexibility index (Phi) is 3.05. The van der Waals surface area contributed by atoms with Gasteiger partial charge < -0.3 is 4.98 Å². The molecule has 1 aromatic carbocycles. The Morgan fingerprint density at radius 3 is 2.81 bits per heavy atom. The maximum atomic E-state index is 12.8. The molecule has 1 fully saturated rings. The molecule has 1 aliphatic carbocycles. The van der Waals surface area contributed by atoms with E-state index >= 15 is 0 Å². The fourth-order valence-electron chi connectivity index (χ4n) is 2.80. The van der Waals surface area contributed by atoms with E-state index < -0.39 is 0 Å². The Hall–Kier alpha value is -1.72. The Morgan fingerprint density at radius 1 is 1.29 bits per heavy atom. The molecule has 2 heterocycles. The van der Waals surface area contributed by atoms with Crippen molar-refractivity contribution in [1.82, 2.24) is 9.55 Å². The molecule has 21 heavy (non-hydrogen) atoms. The second kappa shape index (κ2) is 4.93. The topological polar surface area (TPSA) is 37.8 Å². The molecule has 106 valence electrons. The number of benzene rings is 1. The van der Waals surface area contributed by atoms with E-state index in [-0.39, 0.29) is 11.6 Å². The van der Waals surface area contributed by atoms with Gasteiger partial charge in [-0.3, -0.25) is 9.36 Å². The van der Waals surface area contributed by atoms with Gasteiger partial charge in [0.05, 0.1) is 10.9 Å². The Bertz CT molecular complexity index is 918. The third-order valence-electron chi connectivity index (χ3n) is 4.17. The van der Waals surface area contributed by atoms with E-state index in [1.165, 1.54) is 11.3 Å². The number of hydrogen-bond donors (Lipinski definition) is 1. The molecule has 0 amide bonds. The molecule has 0 saturated heterocycles. The lowest BCUT2D eigenvalue weighted by atomic mass is 9.93. The summed E-state index contributed by atoms with van der Waals surface area (Å²) in [6, 6.07) is 10.3. The number of aromatic amines is 1. The minimum absolute atomic E-state index is 0.0388. The Balaban J connectivity index is 1.98. The van der Waals surface area contributed by atoms with Crippen LogP contribution in [0.5, 0.6) is 0 Å². The Morgan fingerprint density at radius 2 is 2.14 bits per heavy atom. The summed E-state index contributed by atoms with van der Waals surface area (Å²) in [6.07, 6.45) is 3.28. The summed E-state index contributed by atoms with van der Waals surface area (Å²) < 4.78 is 2.31. The molecule has 0 atom stereocenters. The van der Waals surface area contributed by atoms with Crippen molar-refractivity contribution in [3.63, 3.8) is 0 Å². The second-order valence-corrected chi connectivity index (χ2v) is 6.76. The molecule has 2 aromatic heterocycles. The predicted molar refractivity (Wildman–Crippen MR) is 89.6 cm³/mol. The standard InChI is InChI=1S/C16H14N2OS2/c19-15-12-9-10(14-5-2-8-21-14)6-7-13(12)17-16(20)18(15)11-3-1-4-11/h2,5-9,11H,1,3-4H2,(H,17,20). The molecule has 3 nitrogen and oxygen atoms in total. The first-order valence-corrected chi connectivity index (χ1v) is 8.35. The maximum absolute atomic E-state index is 12.8. The van der Waals surface area contributed by atoms with Crippen LogP contribution < -0.4 is 5.56 Å². The van der Waals surface area contributed by atoms with E-state index in [1.54, 1.807) is 15.9 Å². The van der Waals surface area contributed by atoms with Crippen molar-refractivity contribution in [1.29, 1.82) is 0 Å². The fraction of sp³-hybridized carbons (Fsp3) is 0.250. The largest absolute Gasteiger partial charge is 0.332 e. The van der Waals surface area contributed by atoms with Crippen LogP contribution in [0.15, 0.2) is 40.5 Å². The molecule has 0 radical (unpaired) electrons. The van der Waals surface area contributed by atoms with Crippen molar-refractivity contribution in [3.8, 4) is 10.4 Å². The molecule has 3 aromatic rings. The van der Waals surface area contributed by atoms with Crippen molar-refractivity contribution < 1.29 is 0 Å². The zero-order valence-electron chi connectivity index (χ0n) is 11.3. The van der Waals surface area contributed by atoms with Gasteiger partial charge in [-0.25, -0.2) is 0 Å². The van der Waals surface area contributed by atoms with E-state index in [9.17, 15) is 4.79 Å². The number of thiophene rings is 1. The van der Waals surface area contributed by atoms with Gasteiger partial charge in [0.1, 0.15) is 0 Å². The average Bonchev–Trinajstić information content (AvgIpc) is 2.95. The van der Waals surface area contributed by atoms with Crippen molar-refractivity contribution in [2.24, 2.45) is 0 Å². The lowest BCUT2D eigenvalue weighted by Crippen LogP contribution is -2.30. The lowest BCUT2D eigenvalue weighted by Gasteiger charge is -2.27. The molecule has 0 aliphatic heterocycles. The number of nitrogens with one attached hydrogen (secondary N) is 1. The highest BCUT2D eigenvalue weighted by Crippen LogP contribution is 2.31. The maximum Gasteiger partial charge on any atom is 0.262 e. The summed E-state index contributed by atoms with van der Waals surface area (Å²) in [6.45, 7) is 0. The minimum atomic E-state index is 0.0388. The highest BCUT2D eigenvalue weighted by Gasteiger charge is 2.22. The van der Waals surface area contributed by atoms with Gasteiger partial charge in [-0.15, -0.1) is 11.3 Å². The van der Waals surface area contributed by atoms with Crippen LogP contribution in [0, 0.1) is 4.77 Å². The first-order chi connectivity index (χ1) is 10.2. The van der Waals surface area contributed by atoms with Crippen LogP contribution in [0.1, 0.15) is 25.3 Å². The smallest absolute Gasteiger partial charge is 0.262 e. The summed E-state index contributed by atoms with van der Waals surface area (Å²) in [4.78, 5) is 17.2. The molecule has 1 aliphatic rings. The van der Waals surface area contributed by atoms with Crippen LogP contribution in [-0.4, -0.2) is 9.55 Å².